The summed E-state index contributed by atoms with van der Waals surface area (Å²) in [4.78, 5) is 12.1. The standard InChI is InChI=1S/C28H22F3NO5/c1-34-26(33)13-24-23-10-9-22(12-25(23)36-15-20-16-37-32-27(20)24)35-14-17-3-2-4-19(11-17)18-5-7-21(8-6-18)28(29,30)31/h2-12,16,24H,13-15H2,1H3/t24-/m1/s1. The van der Waals surface area contributed by atoms with Crippen LogP contribution in [0.15, 0.2) is 77.5 Å². The molecule has 0 aliphatic carbocycles. The van der Waals surface area contributed by atoms with Crippen LogP contribution < -0.4 is 9.47 Å². The molecule has 1 aromatic heterocycles. The van der Waals surface area contributed by atoms with Gasteiger partial charge in [-0.25, -0.2) is 0 Å². The first-order valence-electron chi connectivity index (χ1n) is 11.5. The summed E-state index contributed by atoms with van der Waals surface area (Å²) in [7, 11) is 1.34. The highest BCUT2D eigenvalue weighted by Gasteiger charge is 2.31. The topological polar surface area (TPSA) is 70.8 Å². The first kappa shape index (κ1) is 24.4. The van der Waals surface area contributed by atoms with Crippen molar-refractivity contribution in [2.75, 3.05) is 7.11 Å². The van der Waals surface area contributed by atoms with E-state index in [0.29, 0.717) is 22.8 Å². The smallest absolute Gasteiger partial charge is 0.416 e. The van der Waals surface area contributed by atoms with Gasteiger partial charge in [0, 0.05) is 17.5 Å². The molecule has 0 unspecified atom stereocenters. The summed E-state index contributed by atoms with van der Waals surface area (Å²) >= 11 is 0. The zero-order valence-electron chi connectivity index (χ0n) is 19.7. The van der Waals surface area contributed by atoms with Crippen LogP contribution in [-0.4, -0.2) is 18.2 Å². The van der Waals surface area contributed by atoms with E-state index < -0.39 is 11.7 Å². The number of ether oxygens (including phenoxy) is 3. The SMILES string of the molecule is COC(=O)C[C@@H]1c2ccc(OCc3cccc(-c4ccc(C(F)(F)F)cc4)c3)cc2OCc2conc21. The third-order valence-corrected chi connectivity index (χ3v) is 6.23. The van der Waals surface area contributed by atoms with E-state index in [4.69, 9.17) is 18.7 Å². The van der Waals surface area contributed by atoms with Crippen LogP contribution in [0.25, 0.3) is 11.1 Å². The normalized spacial score (nSPS) is 14.6. The highest BCUT2D eigenvalue weighted by atomic mass is 19.4. The van der Waals surface area contributed by atoms with Crippen LogP contribution in [0.3, 0.4) is 0 Å². The molecular formula is C28H22F3NO5. The third-order valence-electron chi connectivity index (χ3n) is 6.23. The summed E-state index contributed by atoms with van der Waals surface area (Å²) in [6.45, 7) is 0.479. The van der Waals surface area contributed by atoms with Crippen LogP contribution in [0, 0.1) is 0 Å². The Bertz CT molecular complexity index is 1410. The molecule has 2 heterocycles. The van der Waals surface area contributed by atoms with Gasteiger partial charge in [0.1, 0.15) is 31.0 Å². The van der Waals surface area contributed by atoms with Crippen LogP contribution in [0.4, 0.5) is 13.2 Å². The van der Waals surface area contributed by atoms with Crippen LogP contribution in [0.2, 0.25) is 0 Å². The van der Waals surface area contributed by atoms with Crippen LogP contribution in [0.5, 0.6) is 11.5 Å². The minimum Gasteiger partial charge on any atom is -0.489 e. The molecule has 190 valence electrons. The molecule has 0 saturated heterocycles. The number of fused-ring (bicyclic) bond motifs is 2. The largest absolute Gasteiger partial charge is 0.489 e. The van der Waals surface area contributed by atoms with Gasteiger partial charge in [0.15, 0.2) is 0 Å². The lowest BCUT2D eigenvalue weighted by Crippen LogP contribution is -2.11. The minimum absolute atomic E-state index is 0.0866. The summed E-state index contributed by atoms with van der Waals surface area (Å²) in [6.07, 6.45) is -2.78. The van der Waals surface area contributed by atoms with E-state index in [9.17, 15) is 18.0 Å². The van der Waals surface area contributed by atoms with Crippen LogP contribution in [0.1, 0.15) is 40.3 Å². The number of carbonyl (C=O) groups excluding carboxylic acids is 1. The third kappa shape index (κ3) is 5.30. The van der Waals surface area contributed by atoms with Crippen molar-refractivity contribution in [1.29, 1.82) is 0 Å². The van der Waals surface area contributed by atoms with Gasteiger partial charge < -0.3 is 18.7 Å². The number of hydrogen-bond acceptors (Lipinski definition) is 6. The molecule has 9 heteroatoms. The maximum absolute atomic E-state index is 12.9. The summed E-state index contributed by atoms with van der Waals surface area (Å²) in [6, 6.07) is 17.9. The fourth-order valence-electron chi connectivity index (χ4n) is 4.30. The molecule has 5 rings (SSSR count). The Balaban J connectivity index is 1.33. The lowest BCUT2D eigenvalue weighted by molar-refractivity contribution is -0.141. The quantitative estimate of drug-likeness (QED) is 0.276. The Morgan fingerprint density at radius 2 is 1.86 bits per heavy atom. The lowest BCUT2D eigenvalue weighted by atomic mass is 9.90. The summed E-state index contributed by atoms with van der Waals surface area (Å²) in [5, 5.41) is 4.08. The van der Waals surface area contributed by atoms with Gasteiger partial charge in [-0.05, 0) is 41.0 Å². The molecule has 0 fully saturated rings. The first-order chi connectivity index (χ1) is 17.8. The summed E-state index contributed by atoms with van der Waals surface area (Å²) < 4.78 is 60.5. The van der Waals surface area contributed by atoms with Crippen LogP contribution >= 0.6 is 0 Å². The van der Waals surface area contributed by atoms with Gasteiger partial charge >= 0.3 is 12.1 Å². The molecule has 6 nitrogen and oxygen atoms in total. The maximum Gasteiger partial charge on any atom is 0.416 e. The Hall–Kier alpha value is -4.27. The molecule has 3 aromatic carbocycles. The molecule has 1 atom stereocenters. The predicted octanol–water partition coefficient (Wildman–Crippen LogP) is 6.53. The molecule has 0 amide bonds. The molecule has 0 saturated carbocycles. The molecular weight excluding hydrogens is 487 g/mol. The highest BCUT2D eigenvalue weighted by Crippen LogP contribution is 2.41. The van der Waals surface area contributed by atoms with Gasteiger partial charge in [-0.3, -0.25) is 4.79 Å². The molecule has 1 aliphatic heterocycles. The Kier molecular flexibility index (Phi) is 6.60. The average Bonchev–Trinajstić information content (AvgIpc) is 3.32. The number of methoxy groups -OCH3 is 1. The molecule has 0 spiro atoms. The number of nitrogens with zero attached hydrogens (tertiary/aromatic N) is 1. The van der Waals surface area contributed by atoms with E-state index in [2.05, 4.69) is 5.16 Å². The summed E-state index contributed by atoms with van der Waals surface area (Å²) in [5.41, 5.74) is 3.79. The molecule has 1 aliphatic rings. The van der Waals surface area contributed by atoms with E-state index in [1.807, 2.05) is 30.3 Å². The van der Waals surface area contributed by atoms with Gasteiger partial charge in [0.05, 0.1) is 30.4 Å². The monoisotopic (exact) mass is 509 g/mol. The minimum atomic E-state index is -4.37. The van der Waals surface area contributed by atoms with Crippen molar-refractivity contribution < 1.29 is 36.7 Å². The van der Waals surface area contributed by atoms with E-state index in [-0.39, 0.29) is 31.5 Å². The number of aromatic nitrogens is 1. The van der Waals surface area contributed by atoms with Crippen molar-refractivity contribution in [3.8, 4) is 22.6 Å². The fraction of sp³-hybridized carbons (Fsp3) is 0.214. The van der Waals surface area contributed by atoms with Crippen molar-refractivity contribution >= 4 is 5.97 Å². The Morgan fingerprint density at radius 3 is 2.62 bits per heavy atom. The lowest BCUT2D eigenvalue weighted by Gasteiger charge is -2.16. The number of carbonyl (C=O) groups is 1. The second kappa shape index (κ2) is 10.0. The van der Waals surface area contributed by atoms with Crippen molar-refractivity contribution in [1.82, 2.24) is 5.16 Å². The van der Waals surface area contributed by atoms with E-state index in [0.717, 1.165) is 34.4 Å². The van der Waals surface area contributed by atoms with Gasteiger partial charge in [0.2, 0.25) is 0 Å². The number of halogens is 3. The zero-order chi connectivity index (χ0) is 26.0. The Morgan fingerprint density at radius 1 is 1.05 bits per heavy atom. The van der Waals surface area contributed by atoms with Crippen molar-refractivity contribution in [3.63, 3.8) is 0 Å². The van der Waals surface area contributed by atoms with Gasteiger partial charge in [-0.1, -0.05) is 41.6 Å². The van der Waals surface area contributed by atoms with E-state index in [1.165, 1.54) is 25.5 Å². The Labute approximate surface area is 210 Å². The average molecular weight is 509 g/mol. The molecule has 0 N–H and O–H groups in total. The van der Waals surface area contributed by atoms with Gasteiger partial charge in [-0.15, -0.1) is 0 Å². The highest BCUT2D eigenvalue weighted by molar-refractivity contribution is 5.72. The molecule has 37 heavy (non-hydrogen) atoms. The second-order valence-corrected chi connectivity index (χ2v) is 8.61. The number of benzene rings is 3. The fourth-order valence-corrected chi connectivity index (χ4v) is 4.30. The number of alkyl halides is 3. The number of esters is 1. The van der Waals surface area contributed by atoms with Gasteiger partial charge in [-0.2, -0.15) is 13.2 Å². The number of hydrogen-bond donors (Lipinski definition) is 0. The zero-order valence-corrected chi connectivity index (χ0v) is 19.7. The predicted molar refractivity (Wildman–Crippen MR) is 127 cm³/mol. The van der Waals surface area contributed by atoms with Gasteiger partial charge in [0.25, 0.3) is 0 Å². The van der Waals surface area contributed by atoms with Crippen molar-refractivity contribution in [2.24, 2.45) is 0 Å². The second-order valence-electron chi connectivity index (χ2n) is 8.61. The molecule has 0 bridgehead atoms. The van der Waals surface area contributed by atoms with Crippen molar-refractivity contribution in [2.45, 2.75) is 31.7 Å². The first-order valence-corrected chi connectivity index (χ1v) is 11.5. The van der Waals surface area contributed by atoms with Crippen LogP contribution in [-0.2, 0) is 28.9 Å². The number of rotatable bonds is 6. The maximum atomic E-state index is 12.9. The van der Waals surface area contributed by atoms with E-state index in [1.54, 1.807) is 12.1 Å². The van der Waals surface area contributed by atoms with Crippen molar-refractivity contribution in [3.05, 3.63) is 101 Å². The molecule has 4 aromatic rings. The molecule has 0 radical (unpaired) electrons. The van der Waals surface area contributed by atoms with E-state index >= 15 is 0 Å². The summed E-state index contributed by atoms with van der Waals surface area (Å²) in [5.74, 6) is 0.380.